The number of benzene rings is 1. The third-order valence-electron chi connectivity index (χ3n) is 6.36. The molecule has 4 rings (SSSR count). The number of alkyl halides is 3. The molecule has 2 aromatic rings. The van der Waals surface area contributed by atoms with Gasteiger partial charge in [-0.3, -0.25) is 14.9 Å². The van der Waals surface area contributed by atoms with E-state index in [9.17, 15) is 27.6 Å². The molecule has 2 aliphatic rings. The van der Waals surface area contributed by atoms with Gasteiger partial charge in [0.15, 0.2) is 0 Å². The van der Waals surface area contributed by atoms with E-state index in [1.165, 1.54) is 12.1 Å². The van der Waals surface area contributed by atoms with E-state index in [1.54, 1.807) is 15.5 Å². The van der Waals surface area contributed by atoms with Crippen LogP contribution in [0.1, 0.15) is 32.7 Å². The molecule has 0 spiro atoms. The molecule has 11 heteroatoms. The molecule has 0 saturated carbocycles. The maximum absolute atomic E-state index is 13.8. The van der Waals surface area contributed by atoms with Gasteiger partial charge in [-0.25, -0.2) is 9.78 Å². The number of aryl methyl sites for hydroxylation is 3. The Morgan fingerprint density at radius 3 is 2.15 bits per heavy atom. The molecule has 0 aliphatic carbocycles. The number of carbonyl (C=O) groups excluding carboxylic acids is 3. The Morgan fingerprint density at radius 2 is 1.62 bits per heavy atom. The van der Waals surface area contributed by atoms with Gasteiger partial charge in [0.2, 0.25) is 5.54 Å². The van der Waals surface area contributed by atoms with Gasteiger partial charge in [0.25, 0.3) is 11.8 Å². The van der Waals surface area contributed by atoms with E-state index in [-0.39, 0.29) is 11.5 Å². The molecule has 1 aromatic carbocycles. The molecular formula is C23H24F3N5O3. The van der Waals surface area contributed by atoms with Crippen molar-refractivity contribution in [1.29, 1.82) is 0 Å². The van der Waals surface area contributed by atoms with Crippen molar-refractivity contribution in [3.8, 4) is 0 Å². The van der Waals surface area contributed by atoms with Gasteiger partial charge in [-0.2, -0.15) is 13.2 Å². The highest BCUT2D eigenvalue weighted by Gasteiger charge is 2.66. The van der Waals surface area contributed by atoms with Gasteiger partial charge in [0, 0.05) is 37.4 Å². The summed E-state index contributed by atoms with van der Waals surface area (Å²) in [4.78, 5) is 44.9. The van der Waals surface area contributed by atoms with Crippen molar-refractivity contribution in [2.24, 2.45) is 0 Å². The number of anilines is 1. The van der Waals surface area contributed by atoms with E-state index in [4.69, 9.17) is 0 Å². The van der Waals surface area contributed by atoms with Crippen LogP contribution < -0.4 is 15.5 Å². The maximum Gasteiger partial charge on any atom is 0.425 e. The van der Waals surface area contributed by atoms with E-state index in [0.29, 0.717) is 26.2 Å². The molecule has 2 aliphatic heterocycles. The van der Waals surface area contributed by atoms with Crippen LogP contribution in [-0.2, 0) is 10.3 Å². The van der Waals surface area contributed by atoms with Crippen molar-refractivity contribution in [2.45, 2.75) is 32.5 Å². The summed E-state index contributed by atoms with van der Waals surface area (Å²) in [5.74, 6) is -0.943. The predicted molar refractivity (Wildman–Crippen MR) is 117 cm³/mol. The molecule has 3 heterocycles. The molecule has 1 atom stereocenters. The minimum Gasteiger partial charge on any atom is -0.353 e. The number of imide groups is 1. The highest BCUT2D eigenvalue weighted by Crippen LogP contribution is 2.41. The quantitative estimate of drug-likeness (QED) is 0.666. The average molecular weight is 475 g/mol. The van der Waals surface area contributed by atoms with Crippen LogP contribution in [0, 0.1) is 20.8 Å². The van der Waals surface area contributed by atoms with Crippen molar-refractivity contribution < 1.29 is 27.6 Å². The second-order valence-corrected chi connectivity index (χ2v) is 8.54. The summed E-state index contributed by atoms with van der Waals surface area (Å²) >= 11 is 0. The Balaban J connectivity index is 1.48. The summed E-state index contributed by atoms with van der Waals surface area (Å²) in [5.41, 5.74) is -0.349. The van der Waals surface area contributed by atoms with Crippen LogP contribution in [0.4, 0.5) is 23.8 Å². The zero-order chi connectivity index (χ0) is 24.8. The maximum atomic E-state index is 13.8. The fourth-order valence-corrected chi connectivity index (χ4v) is 4.34. The second-order valence-electron chi connectivity index (χ2n) is 8.54. The number of amides is 4. The zero-order valence-corrected chi connectivity index (χ0v) is 18.9. The largest absolute Gasteiger partial charge is 0.425 e. The van der Waals surface area contributed by atoms with Gasteiger partial charge in [-0.1, -0.05) is 18.2 Å². The van der Waals surface area contributed by atoms with Crippen LogP contribution in [0.5, 0.6) is 0 Å². The van der Waals surface area contributed by atoms with Crippen molar-refractivity contribution in [3.63, 3.8) is 0 Å². The Bertz CT molecular complexity index is 1160. The highest BCUT2D eigenvalue weighted by molar-refractivity contribution is 6.08. The molecule has 34 heavy (non-hydrogen) atoms. The fraction of sp³-hybridized carbons (Fsp3) is 0.391. The van der Waals surface area contributed by atoms with Gasteiger partial charge in [-0.05, 0) is 49.6 Å². The Morgan fingerprint density at radius 1 is 1.00 bits per heavy atom. The minimum absolute atomic E-state index is 0.194. The lowest BCUT2D eigenvalue weighted by Crippen LogP contribution is -2.55. The molecule has 2 N–H and O–H groups in total. The fourth-order valence-electron chi connectivity index (χ4n) is 4.34. The van der Waals surface area contributed by atoms with Gasteiger partial charge < -0.3 is 15.1 Å². The second kappa shape index (κ2) is 8.30. The topological polar surface area (TPSA) is 94.6 Å². The Hall–Kier alpha value is -3.63. The first kappa shape index (κ1) is 23.5. The standard InChI is InChI=1S/C23H24F3N5O3/c1-13-12-14(2)18(27-15(13)3)30-8-10-31(11-9-30)19(32)16-4-6-17(7-5-16)22(23(24,25)26)20(33)28-21(34)29-22/h4-7,12H,8-11H2,1-3H3,(H2,28,29,33,34). The third kappa shape index (κ3) is 3.84. The number of pyridine rings is 1. The number of hydrogen-bond donors (Lipinski definition) is 2. The van der Waals surface area contributed by atoms with Crippen molar-refractivity contribution >= 4 is 23.7 Å². The van der Waals surface area contributed by atoms with Gasteiger partial charge >= 0.3 is 12.2 Å². The minimum atomic E-state index is -5.06. The van der Waals surface area contributed by atoms with Gasteiger partial charge in [0.1, 0.15) is 5.82 Å². The molecule has 180 valence electrons. The first-order valence-corrected chi connectivity index (χ1v) is 10.7. The SMILES string of the molecule is Cc1cc(C)c(N2CCN(C(=O)c3ccc(C4(C(F)(F)F)NC(=O)NC4=O)cc3)CC2)nc1C. The number of hydrogen-bond acceptors (Lipinski definition) is 5. The van der Waals surface area contributed by atoms with E-state index >= 15 is 0 Å². The highest BCUT2D eigenvalue weighted by atomic mass is 19.4. The van der Waals surface area contributed by atoms with Crippen LogP contribution in [0.25, 0.3) is 0 Å². The summed E-state index contributed by atoms with van der Waals surface area (Å²) in [6.45, 7) is 7.96. The number of rotatable bonds is 3. The molecule has 2 saturated heterocycles. The predicted octanol–water partition coefficient (Wildman–Crippen LogP) is 2.57. The lowest BCUT2D eigenvalue weighted by molar-refractivity contribution is -0.195. The van der Waals surface area contributed by atoms with E-state index < -0.39 is 29.2 Å². The first-order chi connectivity index (χ1) is 15.9. The van der Waals surface area contributed by atoms with Crippen molar-refractivity contribution in [2.75, 3.05) is 31.1 Å². The number of urea groups is 1. The number of aromatic nitrogens is 1. The number of nitrogens with zero attached hydrogens (tertiary/aromatic N) is 3. The molecular weight excluding hydrogens is 451 g/mol. The third-order valence-corrected chi connectivity index (χ3v) is 6.36. The average Bonchev–Trinajstić information content (AvgIpc) is 3.11. The number of halogens is 3. The molecule has 4 amide bonds. The summed E-state index contributed by atoms with van der Waals surface area (Å²) in [5, 5.41) is 3.32. The molecule has 1 unspecified atom stereocenters. The van der Waals surface area contributed by atoms with Crippen LogP contribution >= 0.6 is 0 Å². The summed E-state index contributed by atoms with van der Waals surface area (Å²) in [7, 11) is 0. The summed E-state index contributed by atoms with van der Waals surface area (Å²) in [6, 6.07) is 5.43. The smallest absolute Gasteiger partial charge is 0.353 e. The number of piperazine rings is 1. The molecule has 8 nitrogen and oxygen atoms in total. The monoisotopic (exact) mass is 475 g/mol. The number of carbonyl (C=O) groups is 3. The Kier molecular flexibility index (Phi) is 5.74. The zero-order valence-electron chi connectivity index (χ0n) is 18.9. The van der Waals surface area contributed by atoms with Gasteiger partial charge in [0.05, 0.1) is 0 Å². The van der Waals surface area contributed by atoms with E-state index in [1.807, 2.05) is 20.8 Å². The molecule has 0 radical (unpaired) electrons. The van der Waals surface area contributed by atoms with Crippen molar-refractivity contribution in [1.82, 2.24) is 20.5 Å². The molecule has 1 aromatic heterocycles. The van der Waals surface area contributed by atoms with Crippen LogP contribution in [0.3, 0.4) is 0 Å². The Labute approximate surface area is 194 Å². The van der Waals surface area contributed by atoms with Gasteiger partial charge in [-0.15, -0.1) is 0 Å². The lowest BCUT2D eigenvalue weighted by atomic mass is 9.88. The summed E-state index contributed by atoms with van der Waals surface area (Å²) in [6.07, 6.45) is -5.06. The van der Waals surface area contributed by atoms with Crippen LogP contribution in [0.15, 0.2) is 30.3 Å². The van der Waals surface area contributed by atoms with E-state index in [0.717, 1.165) is 34.8 Å². The van der Waals surface area contributed by atoms with E-state index in [2.05, 4.69) is 16.0 Å². The first-order valence-electron chi connectivity index (χ1n) is 10.7. The summed E-state index contributed by atoms with van der Waals surface area (Å²) < 4.78 is 41.3. The van der Waals surface area contributed by atoms with Crippen LogP contribution in [-0.4, -0.2) is 60.1 Å². The normalized spacial score (nSPS) is 20.9. The molecule has 2 fully saturated rings. The lowest BCUT2D eigenvalue weighted by Gasteiger charge is -2.36. The number of nitrogens with one attached hydrogen (secondary N) is 2. The molecule has 0 bridgehead atoms. The van der Waals surface area contributed by atoms with Crippen LogP contribution in [0.2, 0.25) is 0 Å². The van der Waals surface area contributed by atoms with Crippen molar-refractivity contribution in [3.05, 3.63) is 58.3 Å².